The summed E-state index contributed by atoms with van der Waals surface area (Å²) < 4.78 is 0. The zero-order valence-electron chi connectivity index (χ0n) is 11.3. The fraction of sp³-hybridized carbons (Fsp3) is 0.467. The number of amides is 1. The summed E-state index contributed by atoms with van der Waals surface area (Å²) in [4.78, 5) is 22.3. The van der Waals surface area contributed by atoms with Crippen LogP contribution in [0.4, 0.5) is 0 Å². The number of carbonyl (C=O) groups excluding carboxylic acids is 1. The summed E-state index contributed by atoms with van der Waals surface area (Å²) in [7, 11) is 0. The van der Waals surface area contributed by atoms with Gasteiger partial charge in [-0.05, 0) is 24.8 Å². The highest BCUT2D eigenvalue weighted by atomic mass is 16.4. The summed E-state index contributed by atoms with van der Waals surface area (Å²) in [5.74, 6) is -0.944. The molecule has 0 aliphatic rings. The predicted octanol–water partition coefficient (Wildman–Crippen LogP) is 2.38. The molecule has 1 aromatic rings. The van der Waals surface area contributed by atoms with E-state index in [9.17, 15) is 9.59 Å². The van der Waals surface area contributed by atoms with E-state index in [1.807, 2.05) is 37.3 Å². The number of rotatable bonds is 8. The van der Waals surface area contributed by atoms with Gasteiger partial charge in [0, 0.05) is 12.5 Å². The van der Waals surface area contributed by atoms with E-state index in [0.717, 1.165) is 12.8 Å². The first kappa shape index (κ1) is 15.2. The molecule has 0 spiro atoms. The summed E-state index contributed by atoms with van der Waals surface area (Å²) in [6, 6.07) is 9.74. The molecule has 4 nitrogen and oxygen atoms in total. The Bertz CT molecular complexity index is 403. The van der Waals surface area contributed by atoms with Crippen LogP contribution in [0.25, 0.3) is 0 Å². The number of aryl methyl sites for hydroxylation is 1. The molecular weight excluding hydrogens is 242 g/mol. The first-order valence-corrected chi connectivity index (χ1v) is 6.67. The van der Waals surface area contributed by atoms with E-state index in [0.29, 0.717) is 12.8 Å². The first-order valence-electron chi connectivity index (χ1n) is 6.67. The van der Waals surface area contributed by atoms with E-state index in [-0.39, 0.29) is 18.4 Å². The lowest BCUT2D eigenvalue weighted by molar-refractivity contribution is -0.137. The average molecular weight is 263 g/mol. The Morgan fingerprint density at radius 3 is 2.53 bits per heavy atom. The Kier molecular flexibility index (Phi) is 6.64. The molecule has 0 bridgehead atoms. The lowest BCUT2D eigenvalue weighted by Gasteiger charge is -2.14. The fourth-order valence-corrected chi connectivity index (χ4v) is 1.91. The van der Waals surface area contributed by atoms with Gasteiger partial charge in [0.25, 0.3) is 0 Å². The van der Waals surface area contributed by atoms with E-state index in [4.69, 9.17) is 5.11 Å². The van der Waals surface area contributed by atoms with Gasteiger partial charge in [-0.2, -0.15) is 0 Å². The second-order valence-electron chi connectivity index (χ2n) is 4.61. The molecule has 0 aliphatic carbocycles. The van der Waals surface area contributed by atoms with Crippen molar-refractivity contribution in [2.24, 2.45) is 0 Å². The summed E-state index contributed by atoms with van der Waals surface area (Å²) in [6.07, 6.45) is 2.70. The lowest BCUT2D eigenvalue weighted by atomic mass is 10.1. The van der Waals surface area contributed by atoms with Crippen LogP contribution in [0.15, 0.2) is 30.3 Å². The molecule has 0 fully saturated rings. The summed E-state index contributed by atoms with van der Waals surface area (Å²) in [5.41, 5.74) is 1.22. The molecule has 0 aliphatic heterocycles. The minimum atomic E-state index is -0.878. The van der Waals surface area contributed by atoms with Gasteiger partial charge in [-0.1, -0.05) is 37.3 Å². The van der Waals surface area contributed by atoms with Gasteiger partial charge in [-0.25, -0.2) is 0 Å². The third-order valence-electron chi connectivity index (χ3n) is 2.99. The molecule has 1 atom stereocenters. The minimum Gasteiger partial charge on any atom is -0.481 e. The van der Waals surface area contributed by atoms with Crippen molar-refractivity contribution in [3.05, 3.63) is 35.9 Å². The number of carboxylic acids is 1. The molecule has 0 heterocycles. The van der Waals surface area contributed by atoms with Crippen LogP contribution < -0.4 is 5.32 Å². The molecule has 1 aromatic carbocycles. The molecular formula is C15H21NO3. The third-order valence-corrected chi connectivity index (χ3v) is 2.99. The van der Waals surface area contributed by atoms with Gasteiger partial charge in [0.2, 0.25) is 5.91 Å². The van der Waals surface area contributed by atoms with Gasteiger partial charge >= 0.3 is 5.97 Å². The second-order valence-corrected chi connectivity index (χ2v) is 4.61. The topological polar surface area (TPSA) is 66.4 Å². The van der Waals surface area contributed by atoms with Gasteiger partial charge < -0.3 is 10.4 Å². The van der Waals surface area contributed by atoms with Crippen molar-refractivity contribution in [1.82, 2.24) is 5.32 Å². The highest BCUT2D eigenvalue weighted by molar-refractivity contribution is 5.77. The van der Waals surface area contributed by atoms with Crippen LogP contribution >= 0.6 is 0 Å². The SMILES string of the molecule is CCC(CC(=O)O)NC(=O)CCCc1ccccc1. The monoisotopic (exact) mass is 263 g/mol. The Morgan fingerprint density at radius 1 is 1.26 bits per heavy atom. The highest BCUT2D eigenvalue weighted by Crippen LogP contribution is 2.05. The fourth-order valence-electron chi connectivity index (χ4n) is 1.91. The van der Waals surface area contributed by atoms with Gasteiger partial charge in [-0.15, -0.1) is 0 Å². The zero-order chi connectivity index (χ0) is 14.1. The predicted molar refractivity (Wildman–Crippen MR) is 73.9 cm³/mol. The van der Waals surface area contributed by atoms with Crippen LogP contribution in [0.1, 0.15) is 38.2 Å². The average Bonchev–Trinajstić information content (AvgIpc) is 2.38. The number of carbonyl (C=O) groups is 2. The number of carboxylic acid groups (broad SMARTS) is 1. The van der Waals surface area contributed by atoms with Crippen molar-refractivity contribution in [1.29, 1.82) is 0 Å². The van der Waals surface area contributed by atoms with Crippen LogP contribution in [-0.2, 0) is 16.0 Å². The van der Waals surface area contributed by atoms with Crippen molar-refractivity contribution in [2.75, 3.05) is 0 Å². The molecule has 104 valence electrons. The number of benzene rings is 1. The van der Waals surface area contributed by atoms with Crippen molar-refractivity contribution in [2.45, 2.75) is 45.1 Å². The Morgan fingerprint density at radius 2 is 1.95 bits per heavy atom. The van der Waals surface area contributed by atoms with Crippen LogP contribution in [0, 0.1) is 0 Å². The van der Waals surface area contributed by atoms with Crippen LogP contribution in [0.2, 0.25) is 0 Å². The normalized spacial score (nSPS) is 11.8. The Hall–Kier alpha value is -1.84. The standard InChI is InChI=1S/C15H21NO3/c1-2-13(11-15(18)19)16-14(17)10-6-9-12-7-4-3-5-8-12/h3-5,7-8,13H,2,6,9-11H2,1H3,(H,16,17)(H,18,19). The smallest absolute Gasteiger partial charge is 0.305 e. The van der Waals surface area contributed by atoms with E-state index in [2.05, 4.69) is 5.32 Å². The molecule has 19 heavy (non-hydrogen) atoms. The van der Waals surface area contributed by atoms with E-state index < -0.39 is 5.97 Å². The quantitative estimate of drug-likeness (QED) is 0.756. The van der Waals surface area contributed by atoms with Crippen molar-refractivity contribution in [3.8, 4) is 0 Å². The Balaban J connectivity index is 2.25. The molecule has 0 saturated carbocycles. The van der Waals surface area contributed by atoms with Crippen LogP contribution in [-0.4, -0.2) is 23.0 Å². The number of nitrogens with one attached hydrogen (secondary N) is 1. The van der Waals surface area contributed by atoms with Crippen molar-refractivity contribution in [3.63, 3.8) is 0 Å². The minimum absolute atomic E-state index is 0.0130. The van der Waals surface area contributed by atoms with Gasteiger partial charge in [-0.3, -0.25) is 9.59 Å². The highest BCUT2D eigenvalue weighted by Gasteiger charge is 2.13. The van der Waals surface area contributed by atoms with Gasteiger partial charge in [0.15, 0.2) is 0 Å². The molecule has 0 radical (unpaired) electrons. The molecule has 0 aromatic heterocycles. The lowest BCUT2D eigenvalue weighted by Crippen LogP contribution is -2.35. The molecule has 1 unspecified atom stereocenters. The summed E-state index contributed by atoms with van der Waals surface area (Å²) in [6.45, 7) is 1.87. The molecule has 0 saturated heterocycles. The first-order chi connectivity index (χ1) is 9.11. The number of aliphatic carboxylic acids is 1. The maximum absolute atomic E-state index is 11.7. The van der Waals surface area contributed by atoms with Crippen LogP contribution in [0.5, 0.6) is 0 Å². The van der Waals surface area contributed by atoms with Gasteiger partial charge in [0.1, 0.15) is 0 Å². The largest absolute Gasteiger partial charge is 0.481 e. The maximum Gasteiger partial charge on any atom is 0.305 e. The molecule has 4 heteroatoms. The summed E-state index contributed by atoms with van der Waals surface area (Å²) in [5, 5.41) is 11.5. The van der Waals surface area contributed by atoms with E-state index >= 15 is 0 Å². The van der Waals surface area contributed by atoms with E-state index in [1.165, 1.54) is 5.56 Å². The van der Waals surface area contributed by atoms with Crippen molar-refractivity contribution >= 4 is 11.9 Å². The van der Waals surface area contributed by atoms with Gasteiger partial charge in [0.05, 0.1) is 6.42 Å². The Labute approximate surface area is 113 Å². The van der Waals surface area contributed by atoms with Crippen molar-refractivity contribution < 1.29 is 14.7 Å². The maximum atomic E-state index is 11.7. The second kappa shape index (κ2) is 8.29. The van der Waals surface area contributed by atoms with Crippen LogP contribution in [0.3, 0.4) is 0 Å². The van der Waals surface area contributed by atoms with E-state index in [1.54, 1.807) is 0 Å². The third kappa shape index (κ3) is 6.60. The number of hydrogen-bond acceptors (Lipinski definition) is 2. The zero-order valence-corrected chi connectivity index (χ0v) is 11.3. The molecule has 2 N–H and O–H groups in total. The molecule has 1 rings (SSSR count). The summed E-state index contributed by atoms with van der Waals surface area (Å²) >= 11 is 0. The number of hydrogen-bond donors (Lipinski definition) is 2. The molecule has 1 amide bonds.